The minimum Gasteiger partial charge on any atom is -0.489 e. The molecule has 2 N–H and O–H groups in total. The number of nitrogens with one attached hydrogen (secondary N) is 2. The second-order valence-electron chi connectivity index (χ2n) is 6.55. The molecule has 0 radical (unpaired) electrons. The quantitative estimate of drug-likeness (QED) is 0.609. The zero-order chi connectivity index (χ0) is 18.6. The summed E-state index contributed by atoms with van der Waals surface area (Å²) in [7, 11) is 0. The van der Waals surface area contributed by atoms with Crippen LogP contribution in [0.2, 0.25) is 0 Å². The van der Waals surface area contributed by atoms with Gasteiger partial charge >= 0.3 is 0 Å². The van der Waals surface area contributed by atoms with Gasteiger partial charge in [0.25, 0.3) is 0 Å². The van der Waals surface area contributed by atoms with Crippen molar-refractivity contribution in [3.05, 3.63) is 60.1 Å². The topological polar surface area (TPSA) is 75.7 Å². The molecule has 8 heteroatoms. The Morgan fingerprint density at radius 2 is 2.19 bits per heavy atom. The zero-order valence-corrected chi connectivity index (χ0v) is 15.7. The Balaban J connectivity index is 1.47. The first kappa shape index (κ1) is 17.8. The highest BCUT2D eigenvalue weighted by Gasteiger charge is 2.31. The van der Waals surface area contributed by atoms with E-state index >= 15 is 0 Å². The minimum atomic E-state index is -0.321. The van der Waals surface area contributed by atoms with Crippen LogP contribution in [0.5, 0.6) is 5.75 Å². The van der Waals surface area contributed by atoms with Gasteiger partial charge < -0.3 is 9.46 Å². The van der Waals surface area contributed by atoms with Gasteiger partial charge in [0.2, 0.25) is 0 Å². The molecule has 2 aromatic heterocycles. The number of benzene rings is 1. The van der Waals surface area contributed by atoms with E-state index in [4.69, 9.17) is 4.74 Å². The van der Waals surface area contributed by atoms with Crippen LogP contribution in [0, 0.1) is 12.7 Å². The summed E-state index contributed by atoms with van der Waals surface area (Å²) in [5.41, 5.74) is 1.98. The number of rotatable bonds is 6. The lowest BCUT2D eigenvalue weighted by molar-refractivity contribution is 0.186. The Morgan fingerprint density at radius 3 is 2.96 bits per heavy atom. The molecule has 0 aliphatic heterocycles. The Kier molecular flexibility index (Phi) is 5.24. The highest BCUT2D eigenvalue weighted by atomic mass is 32.2. The van der Waals surface area contributed by atoms with Gasteiger partial charge in [-0.1, -0.05) is 0 Å². The van der Waals surface area contributed by atoms with Crippen LogP contribution in [0.15, 0.2) is 47.9 Å². The van der Waals surface area contributed by atoms with E-state index in [9.17, 15) is 4.39 Å². The van der Waals surface area contributed by atoms with Crippen molar-refractivity contribution in [2.45, 2.75) is 43.1 Å². The van der Waals surface area contributed by atoms with Crippen molar-refractivity contribution in [3.8, 4) is 5.75 Å². The molecule has 3 aromatic rings. The van der Waals surface area contributed by atoms with Crippen molar-refractivity contribution in [1.82, 2.24) is 20.2 Å². The Hall–Kier alpha value is -2.61. The fraction of sp³-hybridized carbons (Fsp3) is 0.316. The second kappa shape index (κ2) is 7.96. The molecular weight excluding hydrogens is 365 g/mol. The second-order valence-corrected chi connectivity index (χ2v) is 7.40. The highest BCUT2D eigenvalue weighted by molar-refractivity contribution is 8.00. The lowest BCUT2D eigenvalue weighted by atomic mass is 10.0. The molecule has 1 aliphatic carbocycles. The van der Waals surface area contributed by atoms with Crippen LogP contribution >= 0.6 is 11.9 Å². The summed E-state index contributed by atoms with van der Waals surface area (Å²) >= 11 is 1.18. The Bertz CT molecular complexity index is 891. The van der Waals surface area contributed by atoms with Gasteiger partial charge in [0, 0.05) is 30.1 Å². The lowest BCUT2D eigenvalue weighted by Gasteiger charge is -2.22. The van der Waals surface area contributed by atoms with Gasteiger partial charge in [-0.25, -0.2) is 14.4 Å². The molecule has 2 heterocycles. The van der Waals surface area contributed by atoms with Crippen LogP contribution in [0.3, 0.4) is 0 Å². The molecule has 6 nitrogen and oxygen atoms in total. The van der Waals surface area contributed by atoms with Crippen LogP contribution in [0.1, 0.15) is 36.4 Å². The molecule has 1 saturated carbocycles. The fourth-order valence-corrected chi connectivity index (χ4v) is 4.09. The minimum absolute atomic E-state index is 0.0289. The van der Waals surface area contributed by atoms with Crippen LogP contribution in [-0.4, -0.2) is 26.3 Å². The number of H-pyrrole nitrogens is 1. The fourth-order valence-electron chi connectivity index (χ4n) is 3.36. The third-order valence-corrected chi connectivity index (χ3v) is 5.57. The summed E-state index contributed by atoms with van der Waals surface area (Å²) in [6.45, 7) is 1.93. The van der Waals surface area contributed by atoms with Gasteiger partial charge in [0.1, 0.15) is 29.8 Å². The summed E-state index contributed by atoms with van der Waals surface area (Å²) in [6.07, 6.45) is 7.95. The number of anilines is 1. The predicted octanol–water partition coefficient (Wildman–Crippen LogP) is 4.48. The number of aromatic amines is 1. The third-order valence-electron chi connectivity index (χ3n) is 4.73. The molecule has 4 rings (SSSR count). The third kappa shape index (κ3) is 4.05. The Morgan fingerprint density at radius 1 is 1.26 bits per heavy atom. The maximum atomic E-state index is 14.6. The average Bonchev–Trinajstić information content (AvgIpc) is 3.35. The molecule has 2 atom stereocenters. The van der Waals surface area contributed by atoms with E-state index in [-0.39, 0.29) is 17.8 Å². The van der Waals surface area contributed by atoms with E-state index in [1.54, 1.807) is 24.5 Å². The Labute approximate surface area is 161 Å². The first-order valence-corrected chi connectivity index (χ1v) is 9.67. The number of halogens is 1. The molecular formula is C19H20FN5OS. The molecule has 1 aromatic carbocycles. The molecule has 1 fully saturated rings. The van der Waals surface area contributed by atoms with E-state index in [1.807, 2.05) is 13.0 Å². The van der Waals surface area contributed by atoms with Gasteiger partial charge in [-0.2, -0.15) is 5.10 Å². The molecule has 27 heavy (non-hydrogen) atoms. The summed E-state index contributed by atoms with van der Waals surface area (Å²) in [5.74, 6) is 1.16. The van der Waals surface area contributed by atoms with Gasteiger partial charge in [0.15, 0.2) is 0 Å². The van der Waals surface area contributed by atoms with Gasteiger partial charge in [-0.05, 0) is 61.9 Å². The van der Waals surface area contributed by atoms with Crippen molar-refractivity contribution in [1.29, 1.82) is 0 Å². The van der Waals surface area contributed by atoms with Crippen LogP contribution in [0.4, 0.5) is 10.2 Å². The maximum absolute atomic E-state index is 14.6. The largest absolute Gasteiger partial charge is 0.489 e. The first-order chi connectivity index (χ1) is 13.2. The predicted molar refractivity (Wildman–Crippen MR) is 102 cm³/mol. The molecule has 0 saturated heterocycles. The van der Waals surface area contributed by atoms with E-state index < -0.39 is 0 Å². The molecule has 0 amide bonds. The monoisotopic (exact) mass is 385 g/mol. The van der Waals surface area contributed by atoms with E-state index in [0.717, 1.165) is 30.5 Å². The number of aromatic nitrogens is 4. The summed E-state index contributed by atoms with van der Waals surface area (Å²) < 4.78 is 23.8. The SMILES string of the molecule is Cc1cc(SNc2ccncn2)c(F)cc1OC1CCC[C@H]1c1ccn[nH]1. The van der Waals surface area contributed by atoms with E-state index in [0.29, 0.717) is 16.5 Å². The first-order valence-electron chi connectivity index (χ1n) is 8.85. The molecule has 0 spiro atoms. The summed E-state index contributed by atoms with van der Waals surface area (Å²) in [5, 5.41) is 7.07. The van der Waals surface area contributed by atoms with Crippen molar-refractivity contribution in [2.75, 3.05) is 4.72 Å². The number of hydrogen-bond acceptors (Lipinski definition) is 6. The van der Waals surface area contributed by atoms with Crippen molar-refractivity contribution in [2.24, 2.45) is 0 Å². The van der Waals surface area contributed by atoms with Crippen molar-refractivity contribution >= 4 is 17.8 Å². The standard InChI is InChI=1S/C19H20FN5OS/c1-12-9-18(27-25-19-6-7-21-11-22-19)14(20)10-17(12)26-16-4-2-3-13(16)15-5-8-23-24-15/h5-11,13,16H,2-4H2,1H3,(H,23,24)(H,21,22,25)/t13-,16?/m0/s1. The van der Waals surface area contributed by atoms with Crippen LogP contribution in [-0.2, 0) is 0 Å². The molecule has 0 bridgehead atoms. The number of ether oxygens (including phenoxy) is 1. The highest BCUT2D eigenvalue weighted by Crippen LogP contribution is 2.38. The van der Waals surface area contributed by atoms with Gasteiger partial charge in [0.05, 0.1) is 4.90 Å². The number of hydrogen-bond donors (Lipinski definition) is 2. The molecule has 1 aliphatic rings. The summed E-state index contributed by atoms with van der Waals surface area (Å²) in [4.78, 5) is 8.42. The van der Waals surface area contributed by atoms with Crippen molar-refractivity contribution in [3.63, 3.8) is 0 Å². The van der Waals surface area contributed by atoms with Gasteiger partial charge in [-0.3, -0.25) is 5.10 Å². The normalized spacial score (nSPS) is 19.2. The van der Waals surface area contributed by atoms with E-state index in [1.165, 1.54) is 24.3 Å². The maximum Gasteiger partial charge on any atom is 0.142 e. The average molecular weight is 385 g/mol. The van der Waals surface area contributed by atoms with Crippen LogP contribution < -0.4 is 9.46 Å². The van der Waals surface area contributed by atoms with Gasteiger partial charge in [-0.15, -0.1) is 0 Å². The molecule has 1 unspecified atom stereocenters. The van der Waals surface area contributed by atoms with E-state index in [2.05, 4.69) is 24.9 Å². The number of nitrogens with zero attached hydrogens (tertiary/aromatic N) is 3. The zero-order valence-electron chi connectivity index (χ0n) is 14.9. The molecule has 140 valence electrons. The van der Waals surface area contributed by atoms with Crippen molar-refractivity contribution < 1.29 is 9.13 Å². The lowest BCUT2D eigenvalue weighted by Crippen LogP contribution is -2.20. The smallest absolute Gasteiger partial charge is 0.142 e. The summed E-state index contributed by atoms with van der Waals surface area (Å²) in [6, 6.07) is 6.98. The van der Waals surface area contributed by atoms with Crippen LogP contribution in [0.25, 0.3) is 0 Å². The number of aryl methyl sites for hydroxylation is 1.